The number of ketones is 1. The molecule has 82 valence electrons. The monoisotopic (exact) mass is 216 g/mol. The molecular formula is C12H12N2O2. The van der Waals surface area contributed by atoms with E-state index >= 15 is 0 Å². The predicted molar refractivity (Wildman–Crippen MR) is 60.5 cm³/mol. The highest BCUT2D eigenvalue weighted by Crippen LogP contribution is 2.12. The number of fused-ring (bicyclic) bond motifs is 1. The average Bonchev–Trinajstić information content (AvgIpc) is 2.73. The molecule has 16 heavy (non-hydrogen) atoms. The van der Waals surface area contributed by atoms with Gasteiger partial charge in [0.05, 0.1) is 5.76 Å². The van der Waals surface area contributed by atoms with Crippen LogP contribution in [0.25, 0.3) is 5.65 Å². The maximum Gasteiger partial charge on any atom is 0.192 e. The van der Waals surface area contributed by atoms with Crippen molar-refractivity contribution in [2.75, 3.05) is 0 Å². The van der Waals surface area contributed by atoms with E-state index < -0.39 is 0 Å². The first-order chi connectivity index (χ1) is 7.59. The Bertz CT molecular complexity index is 577. The fourth-order valence-corrected chi connectivity index (χ4v) is 1.43. The van der Waals surface area contributed by atoms with Crippen LogP contribution in [-0.4, -0.2) is 20.3 Å². The summed E-state index contributed by atoms with van der Waals surface area (Å²) in [6, 6.07) is 3.41. The van der Waals surface area contributed by atoms with E-state index in [4.69, 9.17) is 0 Å². The van der Waals surface area contributed by atoms with Crippen molar-refractivity contribution in [1.29, 1.82) is 0 Å². The maximum absolute atomic E-state index is 11.9. The topological polar surface area (TPSA) is 54.6 Å². The summed E-state index contributed by atoms with van der Waals surface area (Å²) in [6.45, 7) is 3.11. The molecule has 0 saturated heterocycles. The molecule has 0 bridgehead atoms. The summed E-state index contributed by atoms with van der Waals surface area (Å²) in [5, 5.41) is 9.26. The second-order valence-corrected chi connectivity index (χ2v) is 3.65. The normalized spacial score (nSPS) is 12.6. The Hall–Kier alpha value is -2.10. The van der Waals surface area contributed by atoms with Crippen LogP contribution in [0.2, 0.25) is 0 Å². The summed E-state index contributed by atoms with van der Waals surface area (Å²) >= 11 is 0. The molecule has 0 fully saturated rings. The number of hydrogen-bond donors (Lipinski definition) is 1. The minimum absolute atomic E-state index is 0.0493. The van der Waals surface area contributed by atoms with Crippen LogP contribution in [0.3, 0.4) is 0 Å². The average molecular weight is 216 g/mol. The minimum Gasteiger partial charge on any atom is -0.512 e. The summed E-state index contributed by atoms with van der Waals surface area (Å²) in [7, 11) is 0. The third kappa shape index (κ3) is 1.69. The van der Waals surface area contributed by atoms with Crippen LogP contribution in [0.5, 0.6) is 0 Å². The summed E-state index contributed by atoms with van der Waals surface area (Å²) in [6.07, 6.45) is 5.25. The fraction of sp³-hybridized carbons (Fsp3) is 0.167. The van der Waals surface area contributed by atoms with Crippen molar-refractivity contribution in [1.82, 2.24) is 9.38 Å². The second kappa shape index (κ2) is 3.81. The van der Waals surface area contributed by atoms with E-state index in [1.165, 1.54) is 6.92 Å². The lowest BCUT2D eigenvalue weighted by Crippen LogP contribution is -2.03. The van der Waals surface area contributed by atoms with Crippen molar-refractivity contribution in [2.24, 2.45) is 0 Å². The Morgan fingerprint density at radius 2 is 2.12 bits per heavy atom. The molecule has 2 aromatic heterocycles. The predicted octanol–water partition coefficient (Wildman–Crippen LogP) is 2.37. The van der Waals surface area contributed by atoms with Gasteiger partial charge in [-0.25, -0.2) is 4.98 Å². The Labute approximate surface area is 92.9 Å². The number of nitrogens with zero attached hydrogens (tertiary/aromatic N) is 2. The van der Waals surface area contributed by atoms with Gasteiger partial charge < -0.3 is 9.51 Å². The lowest BCUT2D eigenvalue weighted by atomic mass is 10.1. The van der Waals surface area contributed by atoms with Crippen molar-refractivity contribution >= 4 is 11.4 Å². The molecule has 1 N–H and O–H groups in total. The number of hydrogen-bond acceptors (Lipinski definition) is 3. The van der Waals surface area contributed by atoms with Gasteiger partial charge in [-0.2, -0.15) is 0 Å². The molecule has 0 saturated carbocycles. The number of carbonyl (C=O) groups excluding carboxylic acids is 1. The van der Waals surface area contributed by atoms with E-state index in [0.717, 1.165) is 0 Å². The number of aromatic nitrogens is 2. The molecular weight excluding hydrogens is 204 g/mol. The fourth-order valence-electron chi connectivity index (χ4n) is 1.43. The number of aliphatic hydroxyl groups is 1. The Balaban J connectivity index is 2.48. The van der Waals surface area contributed by atoms with E-state index in [0.29, 0.717) is 16.8 Å². The van der Waals surface area contributed by atoms with Crippen LogP contribution in [0.4, 0.5) is 0 Å². The molecule has 0 amide bonds. The first kappa shape index (κ1) is 10.4. The van der Waals surface area contributed by atoms with Crippen LogP contribution >= 0.6 is 0 Å². The van der Waals surface area contributed by atoms with Crippen LogP contribution in [-0.2, 0) is 0 Å². The van der Waals surface area contributed by atoms with Crippen LogP contribution in [0.1, 0.15) is 24.2 Å². The zero-order valence-corrected chi connectivity index (χ0v) is 9.14. The van der Waals surface area contributed by atoms with E-state index in [9.17, 15) is 9.90 Å². The van der Waals surface area contributed by atoms with Crippen molar-refractivity contribution in [2.45, 2.75) is 13.8 Å². The summed E-state index contributed by atoms with van der Waals surface area (Å²) < 4.78 is 1.82. The summed E-state index contributed by atoms with van der Waals surface area (Å²) in [5.74, 6) is -0.126. The molecule has 0 unspecified atom stereocenters. The van der Waals surface area contributed by atoms with Crippen LogP contribution < -0.4 is 0 Å². The van der Waals surface area contributed by atoms with E-state index in [1.54, 1.807) is 31.5 Å². The molecule has 0 aliphatic heterocycles. The lowest BCUT2D eigenvalue weighted by Gasteiger charge is -2.03. The van der Waals surface area contributed by atoms with Crippen LogP contribution in [0, 0.1) is 0 Å². The largest absolute Gasteiger partial charge is 0.512 e. The van der Waals surface area contributed by atoms with Gasteiger partial charge in [-0.3, -0.25) is 4.79 Å². The first-order valence-corrected chi connectivity index (χ1v) is 4.93. The Morgan fingerprint density at radius 3 is 2.81 bits per heavy atom. The smallest absolute Gasteiger partial charge is 0.192 e. The van der Waals surface area contributed by atoms with Crippen molar-refractivity contribution in [3.05, 3.63) is 47.6 Å². The van der Waals surface area contributed by atoms with Gasteiger partial charge in [0.1, 0.15) is 5.65 Å². The lowest BCUT2D eigenvalue weighted by molar-refractivity contribution is 0.102. The molecule has 0 spiro atoms. The number of allylic oxidation sites excluding steroid dienone is 2. The number of carbonyl (C=O) groups is 1. The van der Waals surface area contributed by atoms with E-state index in [-0.39, 0.29) is 11.5 Å². The standard InChI is InChI=1S/C12H12N2O2/c1-8(9(2)15)12(16)10-3-5-14-6-4-13-11(14)7-10/h3-7,15H,1-2H3/b9-8-. The molecule has 0 aliphatic rings. The highest BCUT2D eigenvalue weighted by molar-refractivity contribution is 6.08. The Morgan fingerprint density at radius 1 is 1.38 bits per heavy atom. The summed E-state index contributed by atoms with van der Waals surface area (Å²) in [5.41, 5.74) is 1.61. The number of Topliss-reactive ketones (excluding diaryl/α,β-unsaturated/α-hetero) is 1. The van der Waals surface area contributed by atoms with Gasteiger partial charge in [-0.1, -0.05) is 0 Å². The van der Waals surface area contributed by atoms with Crippen molar-refractivity contribution in [3.63, 3.8) is 0 Å². The highest BCUT2D eigenvalue weighted by atomic mass is 16.3. The first-order valence-electron chi connectivity index (χ1n) is 4.93. The van der Waals surface area contributed by atoms with Gasteiger partial charge in [-0.15, -0.1) is 0 Å². The third-order valence-corrected chi connectivity index (χ3v) is 2.54. The molecule has 0 aliphatic carbocycles. The van der Waals surface area contributed by atoms with Gasteiger partial charge in [0.15, 0.2) is 5.78 Å². The maximum atomic E-state index is 11.9. The van der Waals surface area contributed by atoms with Crippen molar-refractivity contribution < 1.29 is 9.90 Å². The zero-order chi connectivity index (χ0) is 11.7. The number of imidazole rings is 1. The number of rotatable bonds is 2. The third-order valence-electron chi connectivity index (χ3n) is 2.54. The van der Waals surface area contributed by atoms with Crippen molar-refractivity contribution in [3.8, 4) is 0 Å². The molecule has 2 aromatic rings. The molecule has 4 heteroatoms. The molecule has 0 atom stereocenters. The van der Waals surface area contributed by atoms with Gasteiger partial charge in [0.25, 0.3) is 0 Å². The Kier molecular flexibility index (Phi) is 2.48. The van der Waals surface area contributed by atoms with Crippen LogP contribution in [0.15, 0.2) is 42.1 Å². The molecule has 0 radical (unpaired) electrons. The van der Waals surface area contributed by atoms with Gasteiger partial charge in [0.2, 0.25) is 0 Å². The molecule has 2 rings (SSSR count). The molecule has 0 aromatic carbocycles. The highest BCUT2D eigenvalue weighted by Gasteiger charge is 2.11. The van der Waals surface area contributed by atoms with Gasteiger partial charge in [-0.05, 0) is 26.0 Å². The van der Waals surface area contributed by atoms with Gasteiger partial charge >= 0.3 is 0 Å². The number of aliphatic hydroxyl groups excluding tert-OH is 1. The van der Waals surface area contributed by atoms with Gasteiger partial charge in [0, 0.05) is 29.7 Å². The number of pyridine rings is 1. The zero-order valence-electron chi connectivity index (χ0n) is 9.14. The van der Waals surface area contributed by atoms with E-state index in [1.807, 2.05) is 10.6 Å². The quantitative estimate of drug-likeness (QED) is 0.476. The van der Waals surface area contributed by atoms with E-state index in [2.05, 4.69) is 4.98 Å². The minimum atomic E-state index is -0.175. The SMILES string of the molecule is C/C(O)=C(\C)C(=O)c1ccn2ccnc2c1. The molecule has 4 nitrogen and oxygen atoms in total. The molecule has 2 heterocycles. The second-order valence-electron chi connectivity index (χ2n) is 3.65. The summed E-state index contributed by atoms with van der Waals surface area (Å²) in [4.78, 5) is 16.0.